The van der Waals surface area contributed by atoms with E-state index in [0.717, 1.165) is 0 Å². The predicted octanol–water partition coefficient (Wildman–Crippen LogP) is 2.38. The second-order valence-corrected chi connectivity index (χ2v) is 4.85. The number of carbonyl (C=O) groups excluding carboxylic acids is 1. The van der Waals surface area contributed by atoms with Crippen molar-refractivity contribution in [2.45, 2.75) is 32.4 Å². The first-order chi connectivity index (χ1) is 9.65. The number of amides is 1. The van der Waals surface area contributed by atoms with Gasteiger partial charge in [0.1, 0.15) is 11.9 Å². The van der Waals surface area contributed by atoms with Crippen LogP contribution in [0.25, 0.3) is 0 Å². The number of benzene rings is 1. The Morgan fingerprint density at radius 1 is 1.45 bits per heavy atom. The van der Waals surface area contributed by atoms with E-state index in [1.807, 2.05) is 0 Å². The number of hydrogen-bond acceptors (Lipinski definition) is 4. The fourth-order valence-corrected chi connectivity index (χ4v) is 2.45. The summed E-state index contributed by atoms with van der Waals surface area (Å²) in [5.74, 6) is 0.622. The van der Waals surface area contributed by atoms with Crippen molar-refractivity contribution in [3.05, 3.63) is 47.4 Å². The molecule has 2 heterocycles. The van der Waals surface area contributed by atoms with E-state index in [2.05, 4.69) is 10.1 Å². The Labute approximate surface area is 115 Å². The van der Waals surface area contributed by atoms with Crippen molar-refractivity contribution in [1.29, 1.82) is 0 Å². The molecule has 0 bridgehead atoms. The van der Waals surface area contributed by atoms with Gasteiger partial charge in [0.05, 0.1) is 0 Å². The van der Waals surface area contributed by atoms with Gasteiger partial charge in [-0.15, -0.1) is 0 Å². The maximum Gasteiger partial charge on any atom is 0.249 e. The van der Waals surface area contributed by atoms with Gasteiger partial charge in [-0.25, -0.2) is 4.39 Å². The van der Waals surface area contributed by atoms with Gasteiger partial charge >= 0.3 is 0 Å². The number of nitrogens with zero attached hydrogens (tertiary/aromatic N) is 3. The summed E-state index contributed by atoms with van der Waals surface area (Å²) in [6.07, 6.45) is 1.04. The molecule has 1 aliphatic rings. The number of likely N-dealkylation sites (tertiary alicyclic amines) is 1. The summed E-state index contributed by atoms with van der Waals surface area (Å²) in [6, 6.07) is 6.19. The molecule has 5 nitrogen and oxygen atoms in total. The van der Waals surface area contributed by atoms with E-state index in [1.165, 1.54) is 6.07 Å². The standard InChI is InChI=1S/C14H14FN3O2/c1-9-16-14(20-17-9)12-6-7-13(19)18(12)8-10-4-2-3-5-11(10)15/h2-5,12H,6-8H2,1H3. The molecule has 1 unspecified atom stereocenters. The normalized spacial score (nSPS) is 18.8. The molecule has 1 amide bonds. The third kappa shape index (κ3) is 2.29. The number of halogens is 1. The fourth-order valence-electron chi connectivity index (χ4n) is 2.45. The van der Waals surface area contributed by atoms with E-state index in [9.17, 15) is 9.18 Å². The topological polar surface area (TPSA) is 59.2 Å². The summed E-state index contributed by atoms with van der Waals surface area (Å²) in [5, 5.41) is 3.75. The maximum absolute atomic E-state index is 13.7. The number of aromatic nitrogens is 2. The molecule has 1 aliphatic heterocycles. The molecule has 0 N–H and O–H groups in total. The second kappa shape index (κ2) is 5.03. The minimum absolute atomic E-state index is 0.0193. The molecule has 2 aromatic rings. The van der Waals surface area contributed by atoms with Gasteiger partial charge in [-0.05, 0) is 19.4 Å². The minimum Gasteiger partial charge on any atom is -0.337 e. The van der Waals surface area contributed by atoms with E-state index in [-0.39, 0.29) is 24.3 Å². The average Bonchev–Trinajstić information content (AvgIpc) is 3.00. The molecule has 104 valence electrons. The summed E-state index contributed by atoms with van der Waals surface area (Å²) in [6.45, 7) is 1.95. The van der Waals surface area contributed by atoms with E-state index in [0.29, 0.717) is 30.1 Å². The zero-order chi connectivity index (χ0) is 14.1. The summed E-state index contributed by atoms with van der Waals surface area (Å²) in [5.41, 5.74) is 0.490. The van der Waals surface area contributed by atoms with Crippen LogP contribution in [-0.4, -0.2) is 20.9 Å². The van der Waals surface area contributed by atoms with Crippen LogP contribution in [-0.2, 0) is 11.3 Å². The van der Waals surface area contributed by atoms with Crippen LogP contribution in [0.15, 0.2) is 28.8 Å². The largest absolute Gasteiger partial charge is 0.337 e. The first-order valence-electron chi connectivity index (χ1n) is 6.48. The Morgan fingerprint density at radius 2 is 2.25 bits per heavy atom. The van der Waals surface area contributed by atoms with Gasteiger partial charge in [-0.2, -0.15) is 4.98 Å². The molecule has 0 radical (unpaired) electrons. The Hall–Kier alpha value is -2.24. The lowest BCUT2D eigenvalue weighted by molar-refractivity contribution is -0.130. The van der Waals surface area contributed by atoms with Crippen molar-refractivity contribution >= 4 is 5.91 Å². The van der Waals surface area contributed by atoms with Gasteiger partial charge in [0.2, 0.25) is 11.8 Å². The summed E-state index contributed by atoms with van der Waals surface area (Å²) in [4.78, 5) is 17.8. The molecule has 1 aromatic heterocycles. The lowest BCUT2D eigenvalue weighted by Gasteiger charge is -2.22. The monoisotopic (exact) mass is 275 g/mol. The Bertz CT molecular complexity index is 641. The third-order valence-electron chi connectivity index (χ3n) is 3.46. The van der Waals surface area contributed by atoms with Crippen molar-refractivity contribution in [1.82, 2.24) is 15.0 Å². The summed E-state index contributed by atoms with van der Waals surface area (Å²) < 4.78 is 18.9. The molecule has 1 aromatic carbocycles. The lowest BCUT2D eigenvalue weighted by Crippen LogP contribution is -2.27. The number of hydrogen-bond donors (Lipinski definition) is 0. The number of carbonyl (C=O) groups is 1. The third-order valence-corrected chi connectivity index (χ3v) is 3.46. The second-order valence-electron chi connectivity index (χ2n) is 4.85. The smallest absolute Gasteiger partial charge is 0.249 e. The maximum atomic E-state index is 13.7. The predicted molar refractivity (Wildman–Crippen MR) is 68.0 cm³/mol. The SMILES string of the molecule is Cc1noc(C2CCC(=O)N2Cc2ccccc2F)n1. The molecule has 3 rings (SSSR count). The minimum atomic E-state index is -0.312. The van der Waals surface area contributed by atoms with Crippen molar-refractivity contribution in [2.24, 2.45) is 0 Å². The van der Waals surface area contributed by atoms with Gasteiger partial charge in [0.25, 0.3) is 0 Å². The molecule has 1 atom stereocenters. The molecule has 6 heteroatoms. The summed E-state index contributed by atoms with van der Waals surface area (Å²) >= 11 is 0. The van der Waals surface area contributed by atoms with Gasteiger partial charge < -0.3 is 9.42 Å². The highest BCUT2D eigenvalue weighted by Gasteiger charge is 2.36. The van der Waals surface area contributed by atoms with E-state index in [4.69, 9.17) is 4.52 Å². The van der Waals surface area contributed by atoms with E-state index < -0.39 is 0 Å². The van der Waals surface area contributed by atoms with Crippen LogP contribution in [0.4, 0.5) is 4.39 Å². The van der Waals surface area contributed by atoms with Gasteiger partial charge in [-0.3, -0.25) is 4.79 Å². The van der Waals surface area contributed by atoms with Crippen LogP contribution in [0.3, 0.4) is 0 Å². The first-order valence-corrected chi connectivity index (χ1v) is 6.48. The lowest BCUT2D eigenvalue weighted by atomic mass is 10.1. The Morgan fingerprint density at radius 3 is 2.95 bits per heavy atom. The van der Waals surface area contributed by atoms with Crippen LogP contribution >= 0.6 is 0 Å². The van der Waals surface area contributed by atoms with Gasteiger partial charge in [0, 0.05) is 18.5 Å². The molecule has 20 heavy (non-hydrogen) atoms. The Kier molecular flexibility index (Phi) is 3.22. The van der Waals surface area contributed by atoms with E-state index in [1.54, 1.807) is 30.0 Å². The fraction of sp³-hybridized carbons (Fsp3) is 0.357. The van der Waals surface area contributed by atoms with Gasteiger partial charge in [-0.1, -0.05) is 23.4 Å². The van der Waals surface area contributed by atoms with Crippen molar-refractivity contribution in [2.75, 3.05) is 0 Å². The zero-order valence-electron chi connectivity index (χ0n) is 11.0. The van der Waals surface area contributed by atoms with Crippen LogP contribution < -0.4 is 0 Å². The van der Waals surface area contributed by atoms with Crippen LogP contribution in [0.5, 0.6) is 0 Å². The number of rotatable bonds is 3. The molecule has 1 saturated heterocycles. The highest BCUT2D eigenvalue weighted by Crippen LogP contribution is 2.33. The van der Waals surface area contributed by atoms with Crippen LogP contribution in [0.1, 0.15) is 36.2 Å². The molecular formula is C14H14FN3O2. The zero-order valence-corrected chi connectivity index (χ0v) is 11.0. The van der Waals surface area contributed by atoms with Crippen molar-refractivity contribution < 1.29 is 13.7 Å². The first kappa shape index (κ1) is 12.8. The van der Waals surface area contributed by atoms with Crippen molar-refractivity contribution in [3.8, 4) is 0 Å². The molecule has 0 spiro atoms. The average molecular weight is 275 g/mol. The molecular weight excluding hydrogens is 261 g/mol. The van der Waals surface area contributed by atoms with Gasteiger partial charge in [0.15, 0.2) is 5.82 Å². The quantitative estimate of drug-likeness (QED) is 0.863. The van der Waals surface area contributed by atoms with Crippen LogP contribution in [0, 0.1) is 12.7 Å². The number of aryl methyl sites for hydroxylation is 1. The highest BCUT2D eigenvalue weighted by atomic mass is 19.1. The van der Waals surface area contributed by atoms with E-state index >= 15 is 0 Å². The Balaban J connectivity index is 1.86. The summed E-state index contributed by atoms with van der Waals surface area (Å²) in [7, 11) is 0. The molecule has 1 fully saturated rings. The molecule has 0 saturated carbocycles. The highest BCUT2D eigenvalue weighted by molar-refractivity contribution is 5.78. The van der Waals surface area contributed by atoms with Crippen molar-refractivity contribution in [3.63, 3.8) is 0 Å². The van der Waals surface area contributed by atoms with Crippen LogP contribution in [0.2, 0.25) is 0 Å². The molecule has 0 aliphatic carbocycles.